The number of amides is 1. The number of nitrogens with one attached hydrogen (secondary N) is 1. The minimum atomic E-state index is -4.72. The van der Waals surface area contributed by atoms with Crippen molar-refractivity contribution in [2.75, 3.05) is 26.2 Å². The quantitative estimate of drug-likeness (QED) is 0.891. The van der Waals surface area contributed by atoms with Crippen LogP contribution in [0.2, 0.25) is 0 Å². The van der Waals surface area contributed by atoms with Crippen LogP contribution in [0.15, 0.2) is 24.3 Å². The lowest BCUT2D eigenvalue weighted by Gasteiger charge is -2.27. The molecule has 0 radical (unpaired) electrons. The molecule has 2 rings (SSSR count). The number of hydrogen-bond donors (Lipinski definition) is 1. The van der Waals surface area contributed by atoms with Gasteiger partial charge in [-0.3, -0.25) is 4.79 Å². The van der Waals surface area contributed by atoms with Crippen molar-refractivity contribution in [2.45, 2.75) is 6.36 Å². The van der Waals surface area contributed by atoms with Crippen LogP contribution in [-0.4, -0.2) is 43.3 Å². The topological polar surface area (TPSA) is 41.6 Å². The Labute approximate surface area is 108 Å². The molecule has 0 aliphatic carbocycles. The molecule has 1 aromatic rings. The molecular weight excluding hydrogens is 261 g/mol. The summed E-state index contributed by atoms with van der Waals surface area (Å²) < 4.78 is 39.7. The van der Waals surface area contributed by atoms with Crippen LogP contribution in [0.25, 0.3) is 0 Å². The van der Waals surface area contributed by atoms with Crippen LogP contribution < -0.4 is 10.1 Å². The number of nitrogens with zero attached hydrogens (tertiary/aromatic N) is 1. The summed E-state index contributed by atoms with van der Waals surface area (Å²) >= 11 is 0. The maximum Gasteiger partial charge on any atom is 0.573 e. The highest BCUT2D eigenvalue weighted by molar-refractivity contribution is 5.94. The fraction of sp³-hybridized carbons (Fsp3) is 0.417. The van der Waals surface area contributed by atoms with Crippen molar-refractivity contribution in [3.63, 3.8) is 0 Å². The molecule has 0 bridgehead atoms. The van der Waals surface area contributed by atoms with E-state index in [1.165, 1.54) is 12.1 Å². The molecule has 1 N–H and O–H groups in total. The molecule has 1 fully saturated rings. The maximum absolute atomic E-state index is 12.0. The Kier molecular flexibility index (Phi) is 3.94. The molecule has 1 aliphatic rings. The molecule has 0 saturated carbocycles. The summed E-state index contributed by atoms with van der Waals surface area (Å²) in [6, 6.07) is 4.96. The van der Waals surface area contributed by atoms with Crippen LogP contribution in [0.4, 0.5) is 13.2 Å². The van der Waals surface area contributed by atoms with Crippen molar-refractivity contribution in [3.05, 3.63) is 29.8 Å². The monoisotopic (exact) mass is 274 g/mol. The van der Waals surface area contributed by atoms with Gasteiger partial charge in [-0.25, -0.2) is 0 Å². The Bertz CT molecular complexity index is 439. The van der Waals surface area contributed by atoms with Crippen LogP contribution in [0, 0.1) is 0 Å². The summed E-state index contributed by atoms with van der Waals surface area (Å²) in [4.78, 5) is 13.7. The van der Waals surface area contributed by atoms with E-state index in [0.717, 1.165) is 25.2 Å². The zero-order valence-electron chi connectivity index (χ0n) is 10.0. The molecule has 0 spiro atoms. The van der Waals surface area contributed by atoms with E-state index in [9.17, 15) is 18.0 Å². The van der Waals surface area contributed by atoms with Gasteiger partial charge in [0.25, 0.3) is 5.91 Å². The van der Waals surface area contributed by atoms with Gasteiger partial charge in [0.05, 0.1) is 0 Å². The fourth-order valence-electron chi connectivity index (χ4n) is 1.85. The van der Waals surface area contributed by atoms with Gasteiger partial charge in [0.2, 0.25) is 0 Å². The lowest BCUT2D eigenvalue weighted by atomic mass is 10.2. The highest BCUT2D eigenvalue weighted by atomic mass is 19.4. The molecule has 104 valence electrons. The van der Waals surface area contributed by atoms with E-state index >= 15 is 0 Å². The van der Waals surface area contributed by atoms with Gasteiger partial charge in [-0.2, -0.15) is 0 Å². The summed E-state index contributed by atoms with van der Waals surface area (Å²) in [6.07, 6.45) is -4.72. The maximum atomic E-state index is 12.0. The Balaban J connectivity index is 2.03. The number of hydrogen-bond acceptors (Lipinski definition) is 3. The first-order valence-corrected chi connectivity index (χ1v) is 5.81. The van der Waals surface area contributed by atoms with Crippen molar-refractivity contribution in [3.8, 4) is 5.75 Å². The predicted molar refractivity (Wildman–Crippen MR) is 61.9 cm³/mol. The molecule has 19 heavy (non-hydrogen) atoms. The summed E-state index contributed by atoms with van der Waals surface area (Å²) in [5, 5.41) is 3.12. The molecule has 1 aromatic carbocycles. The second kappa shape index (κ2) is 5.48. The van der Waals surface area contributed by atoms with Gasteiger partial charge in [-0.05, 0) is 24.3 Å². The van der Waals surface area contributed by atoms with Gasteiger partial charge in [0.1, 0.15) is 5.75 Å². The molecule has 0 atom stereocenters. The van der Waals surface area contributed by atoms with E-state index in [1.807, 2.05) is 0 Å². The van der Waals surface area contributed by atoms with E-state index in [4.69, 9.17) is 0 Å². The molecule has 1 aliphatic heterocycles. The van der Waals surface area contributed by atoms with Crippen molar-refractivity contribution in [1.29, 1.82) is 0 Å². The Morgan fingerprint density at radius 2 is 1.74 bits per heavy atom. The van der Waals surface area contributed by atoms with Crippen LogP contribution in [0.1, 0.15) is 10.4 Å². The third-order valence-electron chi connectivity index (χ3n) is 2.74. The van der Waals surface area contributed by atoms with E-state index in [1.54, 1.807) is 4.90 Å². The lowest BCUT2D eigenvalue weighted by molar-refractivity contribution is -0.274. The number of benzene rings is 1. The second-order valence-electron chi connectivity index (χ2n) is 4.11. The van der Waals surface area contributed by atoms with Crippen LogP contribution in [-0.2, 0) is 0 Å². The van der Waals surface area contributed by atoms with Crippen molar-refractivity contribution in [2.24, 2.45) is 0 Å². The van der Waals surface area contributed by atoms with Gasteiger partial charge in [0.15, 0.2) is 0 Å². The highest BCUT2D eigenvalue weighted by Gasteiger charge is 2.31. The average Bonchev–Trinajstić information content (AvgIpc) is 2.38. The third-order valence-corrected chi connectivity index (χ3v) is 2.74. The number of carbonyl (C=O) groups excluding carboxylic acids is 1. The van der Waals surface area contributed by atoms with Gasteiger partial charge in [-0.15, -0.1) is 13.2 Å². The molecule has 0 aromatic heterocycles. The summed E-state index contributed by atoms with van der Waals surface area (Å²) in [5.74, 6) is -0.510. The number of carbonyl (C=O) groups is 1. The van der Waals surface area contributed by atoms with Crippen LogP contribution in [0.3, 0.4) is 0 Å². The largest absolute Gasteiger partial charge is 0.573 e. The number of ether oxygens (including phenoxy) is 1. The minimum absolute atomic E-state index is 0.181. The second-order valence-corrected chi connectivity index (χ2v) is 4.11. The predicted octanol–water partition coefficient (Wildman–Crippen LogP) is 1.63. The smallest absolute Gasteiger partial charge is 0.406 e. The Morgan fingerprint density at radius 1 is 1.16 bits per heavy atom. The zero-order chi connectivity index (χ0) is 13.9. The molecular formula is C12H13F3N2O2. The third kappa shape index (κ3) is 3.85. The first-order chi connectivity index (χ1) is 8.96. The van der Waals surface area contributed by atoms with E-state index < -0.39 is 6.36 Å². The van der Waals surface area contributed by atoms with Crippen molar-refractivity contribution in [1.82, 2.24) is 10.2 Å². The summed E-state index contributed by atoms with van der Waals surface area (Å²) in [6.45, 7) is 2.64. The van der Waals surface area contributed by atoms with E-state index in [0.29, 0.717) is 18.7 Å². The minimum Gasteiger partial charge on any atom is -0.406 e. The number of alkyl halides is 3. The van der Waals surface area contributed by atoms with Gasteiger partial charge < -0.3 is 15.0 Å². The van der Waals surface area contributed by atoms with Crippen LogP contribution in [0.5, 0.6) is 5.75 Å². The molecule has 4 nitrogen and oxygen atoms in total. The first kappa shape index (κ1) is 13.7. The first-order valence-electron chi connectivity index (χ1n) is 5.81. The average molecular weight is 274 g/mol. The summed E-state index contributed by atoms with van der Waals surface area (Å²) in [7, 11) is 0. The van der Waals surface area contributed by atoms with Gasteiger partial charge >= 0.3 is 6.36 Å². The standard InChI is InChI=1S/C12H13F3N2O2/c13-12(14,15)19-10-3-1-9(2-4-10)11(18)17-7-5-16-6-8-17/h1-4,16H,5-8H2. The number of halogens is 3. The van der Waals surface area contributed by atoms with Gasteiger partial charge in [0, 0.05) is 31.7 Å². The van der Waals surface area contributed by atoms with Gasteiger partial charge in [-0.1, -0.05) is 0 Å². The molecule has 1 amide bonds. The summed E-state index contributed by atoms with van der Waals surface area (Å²) in [5.41, 5.74) is 0.358. The number of rotatable bonds is 2. The number of piperazine rings is 1. The Morgan fingerprint density at radius 3 is 2.26 bits per heavy atom. The fourth-order valence-corrected chi connectivity index (χ4v) is 1.85. The van der Waals surface area contributed by atoms with Crippen molar-refractivity contribution < 1.29 is 22.7 Å². The lowest BCUT2D eigenvalue weighted by Crippen LogP contribution is -2.46. The molecule has 7 heteroatoms. The van der Waals surface area contributed by atoms with E-state index in [-0.39, 0.29) is 11.7 Å². The Hall–Kier alpha value is -1.76. The molecule has 1 heterocycles. The highest BCUT2D eigenvalue weighted by Crippen LogP contribution is 2.23. The molecule has 0 unspecified atom stereocenters. The normalized spacial score (nSPS) is 16.3. The SMILES string of the molecule is O=C(c1ccc(OC(F)(F)F)cc1)N1CCNCC1. The van der Waals surface area contributed by atoms with E-state index in [2.05, 4.69) is 10.1 Å². The molecule has 1 saturated heterocycles. The van der Waals surface area contributed by atoms with Crippen LogP contribution >= 0.6 is 0 Å². The van der Waals surface area contributed by atoms with Crippen molar-refractivity contribution >= 4 is 5.91 Å². The zero-order valence-corrected chi connectivity index (χ0v) is 10.0.